The average Bonchev–Trinajstić information content (AvgIpc) is 2.67. The van der Waals surface area contributed by atoms with Gasteiger partial charge in [-0.3, -0.25) is 14.4 Å². The fourth-order valence-electron chi connectivity index (χ4n) is 1.55. The lowest BCUT2D eigenvalue weighted by Crippen LogP contribution is -2.23. The Balaban J connectivity index is 2.09. The molecule has 0 aliphatic carbocycles. The van der Waals surface area contributed by atoms with Crippen LogP contribution in [0.1, 0.15) is 5.56 Å². The third-order valence-electron chi connectivity index (χ3n) is 2.44. The maximum atomic E-state index is 11.6. The molecule has 1 aromatic carbocycles. The van der Waals surface area contributed by atoms with Gasteiger partial charge < -0.3 is 4.74 Å². The Morgan fingerprint density at radius 2 is 1.94 bits per heavy atom. The van der Waals surface area contributed by atoms with E-state index in [2.05, 4.69) is 4.74 Å². The molecule has 86 valence electrons. The third-order valence-corrected chi connectivity index (χ3v) is 2.44. The van der Waals surface area contributed by atoms with E-state index in [0.717, 1.165) is 5.56 Å². The highest BCUT2D eigenvalue weighted by molar-refractivity contribution is 6.24. The summed E-state index contributed by atoms with van der Waals surface area (Å²) in [5.41, 5.74) is 0.833. The van der Waals surface area contributed by atoms with Gasteiger partial charge >= 0.3 is 5.97 Å². The van der Waals surface area contributed by atoms with Crippen LogP contribution < -0.4 is 0 Å². The molecule has 2 rings (SSSR count). The van der Waals surface area contributed by atoms with Gasteiger partial charge in [0.1, 0.15) is 0 Å². The van der Waals surface area contributed by atoms with E-state index in [-0.39, 0.29) is 6.61 Å². The van der Waals surface area contributed by atoms with Crippen molar-refractivity contribution in [3.05, 3.63) is 42.0 Å². The van der Waals surface area contributed by atoms with Crippen LogP contribution in [0.2, 0.25) is 0 Å². The van der Waals surface area contributed by atoms with Gasteiger partial charge in [-0.25, -0.2) is 0 Å². The number of ether oxygens (including phenoxy) is 1. The SMILES string of the molecule is O=C(C=Cc1ccccc1)C1C(=O)COC1=O. The van der Waals surface area contributed by atoms with Gasteiger partial charge in [0.2, 0.25) is 0 Å². The highest BCUT2D eigenvalue weighted by Crippen LogP contribution is 2.13. The van der Waals surface area contributed by atoms with Gasteiger partial charge in [0.05, 0.1) is 0 Å². The maximum Gasteiger partial charge on any atom is 0.325 e. The van der Waals surface area contributed by atoms with Crippen molar-refractivity contribution in [1.29, 1.82) is 0 Å². The minimum Gasteiger partial charge on any atom is -0.457 e. The number of carbonyl (C=O) groups excluding carboxylic acids is 3. The van der Waals surface area contributed by atoms with E-state index in [9.17, 15) is 14.4 Å². The van der Waals surface area contributed by atoms with Crippen molar-refractivity contribution < 1.29 is 19.1 Å². The highest BCUT2D eigenvalue weighted by atomic mass is 16.5. The number of allylic oxidation sites excluding steroid dienone is 1. The molecule has 1 unspecified atom stereocenters. The van der Waals surface area contributed by atoms with Gasteiger partial charge in [0.15, 0.2) is 24.1 Å². The Morgan fingerprint density at radius 1 is 1.24 bits per heavy atom. The Morgan fingerprint density at radius 3 is 2.53 bits per heavy atom. The van der Waals surface area contributed by atoms with Crippen molar-refractivity contribution in [2.45, 2.75) is 0 Å². The van der Waals surface area contributed by atoms with Gasteiger partial charge in [-0.05, 0) is 11.6 Å². The van der Waals surface area contributed by atoms with E-state index in [1.165, 1.54) is 6.08 Å². The molecule has 1 atom stereocenters. The van der Waals surface area contributed by atoms with Crippen LogP contribution in [0.3, 0.4) is 0 Å². The Labute approximate surface area is 97.9 Å². The summed E-state index contributed by atoms with van der Waals surface area (Å²) in [6.07, 6.45) is 2.81. The van der Waals surface area contributed by atoms with Crippen molar-refractivity contribution in [2.75, 3.05) is 6.61 Å². The largest absolute Gasteiger partial charge is 0.457 e. The number of rotatable bonds is 3. The predicted molar refractivity (Wildman–Crippen MR) is 59.9 cm³/mol. The van der Waals surface area contributed by atoms with Crippen molar-refractivity contribution >= 4 is 23.6 Å². The lowest BCUT2D eigenvalue weighted by molar-refractivity contribution is -0.143. The first-order chi connectivity index (χ1) is 8.18. The summed E-state index contributed by atoms with van der Waals surface area (Å²) in [5.74, 6) is -3.02. The van der Waals surface area contributed by atoms with Gasteiger partial charge in [-0.1, -0.05) is 36.4 Å². The summed E-state index contributed by atoms with van der Waals surface area (Å²) >= 11 is 0. The standard InChI is InChI=1S/C13H10O4/c14-10(12-11(15)8-17-13(12)16)7-6-9-4-2-1-3-5-9/h1-7,12H,8H2. The zero-order valence-electron chi connectivity index (χ0n) is 8.96. The van der Waals surface area contributed by atoms with Crippen LogP contribution >= 0.6 is 0 Å². The van der Waals surface area contributed by atoms with Crippen LogP contribution in [0.15, 0.2) is 36.4 Å². The first-order valence-corrected chi connectivity index (χ1v) is 5.15. The van der Waals surface area contributed by atoms with E-state index in [0.29, 0.717) is 0 Å². The molecule has 1 aliphatic rings. The van der Waals surface area contributed by atoms with Gasteiger partial charge in [-0.15, -0.1) is 0 Å². The molecule has 0 saturated carbocycles. The van der Waals surface area contributed by atoms with Gasteiger partial charge in [0, 0.05) is 0 Å². The van der Waals surface area contributed by atoms with E-state index in [1.54, 1.807) is 6.08 Å². The fourth-order valence-corrected chi connectivity index (χ4v) is 1.55. The van der Waals surface area contributed by atoms with E-state index in [1.807, 2.05) is 30.3 Å². The fraction of sp³-hybridized carbons (Fsp3) is 0.154. The molecule has 0 N–H and O–H groups in total. The second-order valence-corrected chi connectivity index (χ2v) is 3.65. The van der Waals surface area contributed by atoms with Crippen molar-refractivity contribution in [3.8, 4) is 0 Å². The summed E-state index contributed by atoms with van der Waals surface area (Å²) in [7, 11) is 0. The molecule has 1 heterocycles. The minimum absolute atomic E-state index is 0.297. The Kier molecular flexibility index (Phi) is 3.14. The van der Waals surface area contributed by atoms with Crippen LogP contribution in [0.5, 0.6) is 0 Å². The molecular weight excluding hydrogens is 220 g/mol. The van der Waals surface area contributed by atoms with Crippen molar-refractivity contribution in [1.82, 2.24) is 0 Å². The van der Waals surface area contributed by atoms with Crippen LogP contribution in [0.4, 0.5) is 0 Å². The first kappa shape index (κ1) is 11.3. The molecule has 0 radical (unpaired) electrons. The molecule has 1 aromatic rings. The summed E-state index contributed by atoms with van der Waals surface area (Å²) in [6, 6.07) is 9.16. The number of ketones is 2. The van der Waals surface area contributed by atoms with E-state index >= 15 is 0 Å². The molecule has 0 amide bonds. The first-order valence-electron chi connectivity index (χ1n) is 5.15. The number of carbonyl (C=O) groups is 3. The normalized spacial score (nSPS) is 19.6. The van der Waals surface area contributed by atoms with Crippen LogP contribution in [0.25, 0.3) is 6.08 Å². The smallest absolute Gasteiger partial charge is 0.325 e. The molecule has 1 aliphatic heterocycles. The molecule has 1 saturated heterocycles. The van der Waals surface area contributed by atoms with Gasteiger partial charge in [-0.2, -0.15) is 0 Å². The number of hydrogen-bond acceptors (Lipinski definition) is 4. The zero-order chi connectivity index (χ0) is 12.3. The van der Waals surface area contributed by atoms with Crippen LogP contribution in [-0.2, 0) is 19.1 Å². The zero-order valence-corrected chi connectivity index (χ0v) is 8.96. The molecule has 1 fully saturated rings. The van der Waals surface area contributed by atoms with Gasteiger partial charge in [0.25, 0.3) is 0 Å². The summed E-state index contributed by atoms with van der Waals surface area (Å²) in [6.45, 7) is -0.297. The monoisotopic (exact) mass is 230 g/mol. The van der Waals surface area contributed by atoms with E-state index in [4.69, 9.17) is 0 Å². The maximum absolute atomic E-state index is 11.6. The van der Waals surface area contributed by atoms with Crippen molar-refractivity contribution in [2.24, 2.45) is 5.92 Å². The molecule has 0 aromatic heterocycles. The molecular formula is C13H10O4. The number of esters is 1. The van der Waals surface area contributed by atoms with E-state index < -0.39 is 23.5 Å². The van der Waals surface area contributed by atoms with Crippen LogP contribution in [0, 0.1) is 5.92 Å². The molecule has 0 spiro atoms. The Bertz CT molecular complexity index is 471. The topological polar surface area (TPSA) is 60.4 Å². The van der Waals surface area contributed by atoms with Crippen LogP contribution in [-0.4, -0.2) is 24.1 Å². The lowest BCUT2D eigenvalue weighted by atomic mass is 10.0. The summed E-state index contributed by atoms with van der Waals surface area (Å²) in [4.78, 5) is 34.0. The van der Waals surface area contributed by atoms with Crippen molar-refractivity contribution in [3.63, 3.8) is 0 Å². The Hall–Kier alpha value is -2.23. The summed E-state index contributed by atoms with van der Waals surface area (Å²) in [5, 5.41) is 0. The predicted octanol–water partition coefficient (Wildman–Crippen LogP) is 1.01. The highest BCUT2D eigenvalue weighted by Gasteiger charge is 2.39. The third kappa shape index (κ3) is 2.47. The average molecular weight is 230 g/mol. The summed E-state index contributed by atoms with van der Waals surface area (Å²) < 4.78 is 4.51. The minimum atomic E-state index is -1.27. The number of benzene rings is 1. The lowest BCUT2D eigenvalue weighted by Gasteiger charge is -1.97. The molecule has 17 heavy (non-hydrogen) atoms. The second kappa shape index (κ2) is 4.74. The number of cyclic esters (lactones) is 1. The second-order valence-electron chi connectivity index (χ2n) is 3.65. The molecule has 4 nitrogen and oxygen atoms in total. The molecule has 4 heteroatoms. The molecule has 0 bridgehead atoms. The quantitative estimate of drug-likeness (QED) is 0.441. The number of hydrogen-bond donors (Lipinski definition) is 0. The number of Topliss-reactive ketones (excluding diaryl/α,β-unsaturated/α-hetero) is 1.